The molecule has 1 N–H and O–H groups in total. The molecule has 13 nitrogen and oxygen atoms in total. The maximum atomic E-state index is 10.9. The van der Waals surface area contributed by atoms with E-state index < -0.39 is 46.8 Å². The molecule has 0 atom stereocenters. The van der Waals surface area contributed by atoms with Gasteiger partial charge in [0.05, 0.1) is 26.9 Å². The van der Waals surface area contributed by atoms with E-state index in [1.54, 1.807) is 0 Å². The minimum absolute atomic E-state index is 0.204. The highest BCUT2D eigenvalue weighted by Gasteiger charge is 2.37. The highest BCUT2D eigenvalue weighted by atomic mass is 35.5. The molecular formula is C19H30Cl2N4O9S. The van der Waals surface area contributed by atoms with Gasteiger partial charge < -0.3 is 4.90 Å². The highest BCUT2D eigenvalue weighted by Crippen LogP contribution is 2.36. The maximum Gasteiger partial charge on any atom is 0.308 e. The third-order valence-corrected chi connectivity index (χ3v) is 6.21. The summed E-state index contributed by atoms with van der Waals surface area (Å²) in [6.07, 6.45) is 10.2. The zero-order valence-electron chi connectivity index (χ0n) is 19.3. The summed E-state index contributed by atoms with van der Waals surface area (Å²) < 4.78 is 30.7. The third kappa shape index (κ3) is 13.5. The second-order valence-electron chi connectivity index (χ2n) is 7.57. The number of nitro benzene ring substituents is 3. The fraction of sp³-hybridized carbons (Fsp3) is 0.684. The molecule has 0 radical (unpaired) electrons. The number of unbranched alkanes of at least 4 members (excludes halogenated alkanes) is 6. The topological polar surface area (TPSA) is 187 Å². The summed E-state index contributed by atoms with van der Waals surface area (Å²) in [4.78, 5) is 28.6. The first-order valence-corrected chi connectivity index (χ1v) is 13.3. The van der Waals surface area contributed by atoms with Crippen LogP contribution in [0.3, 0.4) is 0 Å². The fourth-order valence-electron chi connectivity index (χ4n) is 3.00. The number of halogens is 2. The van der Waals surface area contributed by atoms with E-state index >= 15 is 0 Å². The second kappa shape index (κ2) is 17.3. The standard InChI is InChI=1S/C13H27Cl2N.C6H3N3O9S/c1-16(12-8-4-2-6-10-14)13-9-5-3-7-11-15;10-7(11)3-1-4(8(12)13)6(19(16,17)18)5(2-3)9(14)15/h2-13H2,1H3;1-2H,(H,16,17,18). The van der Waals surface area contributed by atoms with E-state index in [-0.39, 0.29) is 12.1 Å². The summed E-state index contributed by atoms with van der Waals surface area (Å²) in [5.74, 6) is 1.63. The van der Waals surface area contributed by atoms with E-state index in [2.05, 4.69) is 11.9 Å². The minimum Gasteiger partial charge on any atom is -0.306 e. The van der Waals surface area contributed by atoms with E-state index in [4.69, 9.17) is 27.8 Å². The summed E-state index contributed by atoms with van der Waals surface area (Å²) in [5, 5.41) is 31.7. The summed E-state index contributed by atoms with van der Waals surface area (Å²) in [6.45, 7) is 2.47. The van der Waals surface area contributed by atoms with Crippen molar-refractivity contribution in [1.82, 2.24) is 4.90 Å². The lowest BCUT2D eigenvalue weighted by atomic mass is 10.2. The van der Waals surface area contributed by atoms with Crippen LogP contribution in [0, 0.1) is 30.3 Å². The van der Waals surface area contributed by atoms with Crippen molar-refractivity contribution in [2.75, 3.05) is 31.9 Å². The van der Waals surface area contributed by atoms with Crippen LogP contribution in [0.15, 0.2) is 17.0 Å². The zero-order chi connectivity index (χ0) is 27.0. The Morgan fingerprint density at radius 2 is 1.14 bits per heavy atom. The van der Waals surface area contributed by atoms with E-state index in [0.717, 1.165) is 11.8 Å². The van der Waals surface area contributed by atoms with Gasteiger partial charge in [-0.05, 0) is 45.8 Å². The van der Waals surface area contributed by atoms with Gasteiger partial charge in [0, 0.05) is 11.8 Å². The van der Waals surface area contributed by atoms with Gasteiger partial charge in [-0.25, -0.2) is 0 Å². The van der Waals surface area contributed by atoms with Crippen LogP contribution >= 0.6 is 23.2 Å². The van der Waals surface area contributed by atoms with E-state index in [0.29, 0.717) is 0 Å². The molecule has 0 bridgehead atoms. The predicted octanol–water partition coefficient (Wildman–Crippen LogP) is 5.17. The molecule has 0 amide bonds. The number of non-ortho nitro benzene ring substituents is 1. The Hall–Kier alpha value is -2.13. The van der Waals surface area contributed by atoms with Crippen LogP contribution in [-0.2, 0) is 10.1 Å². The van der Waals surface area contributed by atoms with Crippen molar-refractivity contribution in [3.05, 3.63) is 42.5 Å². The molecule has 0 saturated heterocycles. The van der Waals surface area contributed by atoms with Gasteiger partial charge >= 0.3 is 21.5 Å². The molecule has 0 saturated carbocycles. The molecule has 1 aromatic rings. The number of benzene rings is 1. The van der Waals surface area contributed by atoms with Crippen molar-refractivity contribution < 1.29 is 27.7 Å². The van der Waals surface area contributed by atoms with Crippen molar-refractivity contribution >= 4 is 50.4 Å². The van der Waals surface area contributed by atoms with Gasteiger partial charge in [-0.1, -0.05) is 25.7 Å². The van der Waals surface area contributed by atoms with Crippen LogP contribution in [0.25, 0.3) is 0 Å². The lowest BCUT2D eigenvalue weighted by Crippen LogP contribution is -2.20. The normalized spacial score (nSPS) is 11.1. The SMILES string of the molecule is CN(CCCCCCCl)CCCCCCCl.O=[N+]([O-])c1cc([N+](=O)[O-])c(S(=O)(=O)O)c([N+](=O)[O-])c1. The molecule has 0 heterocycles. The van der Waals surface area contributed by atoms with Gasteiger partial charge in [0.2, 0.25) is 4.90 Å². The molecule has 0 spiro atoms. The van der Waals surface area contributed by atoms with Gasteiger partial charge in [0.15, 0.2) is 0 Å². The molecule has 1 aromatic carbocycles. The number of rotatable bonds is 16. The van der Waals surface area contributed by atoms with Crippen molar-refractivity contribution in [2.45, 2.75) is 56.3 Å². The Kier molecular flexibility index (Phi) is 16.3. The third-order valence-electron chi connectivity index (χ3n) is 4.74. The molecular weight excluding hydrogens is 531 g/mol. The zero-order valence-corrected chi connectivity index (χ0v) is 21.6. The molecule has 0 aliphatic carbocycles. The number of hydrogen-bond acceptors (Lipinski definition) is 9. The molecule has 16 heteroatoms. The summed E-state index contributed by atoms with van der Waals surface area (Å²) in [7, 11) is -3.08. The average molecular weight is 561 g/mol. The van der Waals surface area contributed by atoms with Crippen LogP contribution in [0.5, 0.6) is 0 Å². The van der Waals surface area contributed by atoms with Crippen LogP contribution in [-0.4, -0.2) is 64.5 Å². The average Bonchev–Trinajstić information content (AvgIpc) is 2.77. The Morgan fingerprint density at radius 1 is 0.771 bits per heavy atom. The number of alkyl halides is 2. The molecule has 0 aromatic heterocycles. The van der Waals surface area contributed by atoms with Crippen molar-refractivity contribution in [1.29, 1.82) is 0 Å². The summed E-state index contributed by atoms with van der Waals surface area (Å²) >= 11 is 11.3. The van der Waals surface area contributed by atoms with Gasteiger partial charge in [-0.2, -0.15) is 8.42 Å². The van der Waals surface area contributed by atoms with Crippen LogP contribution in [0.2, 0.25) is 0 Å². The van der Waals surface area contributed by atoms with Gasteiger partial charge in [-0.3, -0.25) is 34.9 Å². The fourth-order valence-corrected chi connectivity index (χ4v) is 4.17. The molecule has 200 valence electrons. The Labute approximate surface area is 213 Å². The number of nitro groups is 3. The number of hydrogen-bond donors (Lipinski definition) is 1. The van der Waals surface area contributed by atoms with Crippen LogP contribution < -0.4 is 0 Å². The Bertz CT molecular complexity index is 899. The minimum atomic E-state index is -5.30. The Balaban J connectivity index is 0.000000672. The molecule has 0 aliphatic heterocycles. The van der Waals surface area contributed by atoms with Crippen molar-refractivity contribution in [2.24, 2.45) is 0 Å². The van der Waals surface area contributed by atoms with Crippen molar-refractivity contribution in [3.8, 4) is 0 Å². The van der Waals surface area contributed by atoms with Crippen LogP contribution in [0.4, 0.5) is 17.1 Å². The van der Waals surface area contributed by atoms with E-state index in [1.165, 1.54) is 64.5 Å². The molecule has 0 unspecified atom stereocenters. The van der Waals surface area contributed by atoms with E-state index in [1.807, 2.05) is 0 Å². The molecule has 0 aliphatic rings. The Morgan fingerprint density at radius 3 is 1.43 bits per heavy atom. The lowest BCUT2D eigenvalue weighted by Gasteiger charge is -2.16. The van der Waals surface area contributed by atoms with E-state index in [9.17, 15) is 38.8 Å². The lowest BCUT2D eigenvalue weighted by molar-refractivity contribution is -0.407. The summed E-state index contributed by atoms with van der Waals surface area (Å²) in [5.41, 5.74) is -3.96. The van der Waals surface area contributed by atoms with Crippen molar-refractivity contribution in [3.63, 3.8) is 0 Å². The smallest absolute Gasteiger partial charge is 0.306 e. The number of nitrogens with zero attached hydrogens (tertiary/aromatic N) is 4. The van der Waals surface area contributed by atoms with Gasteiger partial charge in [-0.15, -0.1) is 23.2 Å². The summed E-state index contributed by atoms with van der Waals surface area (Å²) in [6, 6.07) is 0.409. The first kappa shape index (κ1) is 32.9. The van der Waals surface area contributed by atoms with Crippen LogP contribution in [0.1, 0.15) is 51.4 Å². The second-order valence-corrected chi connectivity index (χ2v) is 9.68. The largest absolute Gasteiger partial charge is 0.308 e. The van der Waals surface area contributed by atoms with Gasteiger partial charge in [0.1, 0.15) is 0 Å². The maximum absolute atomic E-state index is 10.9. The molecule has 0 fully saturated rings. The molecule has 35 heavy (non-hydrogen) atoms. The first-order valence-electron chi connectivity index (χ1n) is 10.8. The monoisotopic (exact) mass is 560 g/mol. The van der Waals surface area contributed by atoms with Gasteiger partial charge in [0.25, 0.3) is 5.69 Å². The molecule has 1 rings (SSSR count). The highest BCUT2D eigenvalue weighted by molar-refractivity contribution is 7.86. The quantitative estimate of drug-likeness (QED) is 0.0926. The first-order chi connectivity index (χ1) is 16.4. The predicted molar refractivity (Wildman–Crippen MR) is 132 cm³/mol.